The van der Waals surface area contributed by atoms with Crippen LogP contribution in [0.1, 0.15) is 11.1 Å². The average molecular weight is 330 g/mol. The number of nitro groups is 1. The molecule has 1 heterocycles. The lowest BCUT2D eigenvalue weighted by Crippen LogP contribution is -2.27. The number of pyridine rings is 1. The van der Waals surface area contributed by atoms with E-state index in [-0.39, 0.29) is 11.7 Å². The number of carbonyl (C=O) groups is 1. The third-order valence-electron chi connectivity index (χ3n) is 3.51. The summed E-state index contributed by atoms with van der Waals surface area (Å²) in [6.45, 7) is 3.43. The molecule has 1 aromatic heterocycles. The second-order valence-electron chi connectivity index (χ2n) is 5.39. The van der Waals surface area contributed by atoms with Gasteiger partial charge in [0.05, 0.1) is 4.92 Å². The molecule has 0 saturated carbocycles. The Kier molecular flexibility index (Phi) is 4.98. The zero-order valence-corrected chi connectivity index (χ0v) is 13.9. The Morgan fingerprint density at radius 3 is 2.58 bits per heavy atom. The number of hydrogen-bond donors (Lipinski definition) is 1. The van der Waals surface area contributed by atoms with Crippen LogP contribution in [-0.4, -0.2) is 34.9 Å². The lowest BCUT2D eigenvalue weighted by atomic mass is 10.1. The molecular formula is C16H18N4O4. The van der Waals surface area contributed by atoms with E-state index in [0.717, 1.165) is 0 Å². The van der Waals surface area contributed by atoms with Crippen molar-refractivity contribution in [2.45, 2.75) is 13.8 Å². The number of aromatic nitrogens is 1. The molecule has 0 radical (unpaired) electrons. The highest BCUT2D eigenvalue weighted by Gasteiger charge is 2.16. The van der Waals surface area contributed by atoms with Crippen LogP contribution in [0, 0.1) is 24.0 Å². The van der Waals surface area contributed by atoms with Crippen molar-refractivity contribution in [2.24, 2.45) is 0 Å². The van der Waals surface area contributed by atoms with E-state index in [9.17, 15) is 14.9 Å². The Morgan fingerprint density at radius 2 is 1.96 bits per heavy atom. The summed E-state index contributed by atoms with van der Waals surface area (Å²) in [4.78, 5) is 27.6. The molecule has 0 fully saturated rings. The number of carbonyl (C=O) groups excluding carboxylic acids is 1. The van der Waals surface area contributed by atoms with Gasteiger partial charge in [0.15, 0.2) is 0 Å². The minimum atomic E-state index is -0.423. The Balaban J connectivity index is 2.24. The number of nitro benzene ring substituents is 1. The third-order valence-corrected chi connectivity index (χ3v) is 3.51. The molecule has 8 heteroatoms. The van der Waals surface area contributed by atoms with E-state index in [2.05, 4.69) is 10.3 Å². The molecule has 8 nitrogen and oxygen atoms in total. The average Bonchev–Trinajstić information content (AvgIpc) is 2.52. The fourth-order valence-corrected chi connectivity index (χ4v) is 1.98. The zero-order valence-electron chi connectivity index (χ0n) is 13.9. The molecule has 2 rings (SSSR count). The Hall–Kier alpha value is -3.16. The first-order chi connectivity index (χ1) is 11.3. The van der Waals surface area contributed by atoms with Gasteiger partial charge in [-0.3, -0.25) is 15.4 Å². The fraction of sp³-hybridized carbons (Fsp3) is 0.250. The third kappa shape index (κ3) is 3.78. The van der Waals surface area contributed by atoms with E-state index in [1.165, 1.54) is 17.2 Å². The predicted molar refractivity (Wildman–Crippen MR) is 89.6 cm³/mol. The summed E-state index contributed by atoms with van der Waals surface area (Å²) in [5.41, 5.74) is 1.28. The van der Waals surface area contributed by atoms with Crippen molar-refractivity contribution in [3.63, 3.8) is 0 Å². The topological polar surface area (TPSA) is 97.6 Å². The number of hydrogen-bond acceptors (Lipinski definition) is 5. The predicted octanol–water partition coefficient (Wildman–Crippen LogP) is 3.49. The van der Waals surface area contributed by atoms with Crippen LogP contribution in [0.15, 0.2) is 30.5 Å². The number of anilines is 1. The summed E-state index contributed by atoms with van der Waals surface area (Å²) in [7, 11) is 3.25. The van der Waals surface area contributed by atoms with Gasteiger partial charge in [0.1, 0.15) is 17.3 Å². The molecule has 0 saturated heterocycles. The summed E-state index contributed by atoms with van der Waals surface area (Å²) in [6.07, 6.45) is 1.51. The molecular weight excluding hydrogens is 312 g/mol. The molecule has 1 aromatic carbocycles. The Bertz CT molecular complexity index is 790. The molecule has 0 spiro atoms. The first kappa shape index (κ1) is 17.2. The van der Waals surface area contributed by atoms with Gasteiger partial charge in [0.2, 0.25) is 0 Å². The molecule has 2 aromatic rings. The number of rotatable bonds is 4. The number of amides is 2. The fourth-order valence-electron chi connectivity index (χ4n) is 1.98. The van der Waals surface area contributed by atoms with Crippen molar-refractivity contribution in [1.29, 1.82) is 0 Å². The van der Waals surface area contributed by atoms with Gasteiger partial charge in [-0.25, -0.2) is 9.78 Å². The standard InChI is InChI=1S/C16H18N4O4/c1-10-11(2)14(6-5-13(10)20(22)23)24-12-7-8-17-15(9-12)18-16(21)19(3)4/h5-9H,1-4H3,(H,17,18,21). The Labute approximate surface area is 139 Å². The molecule has 0 bridgehead atoms. The van der Waals surface area contributed by atoms with Crippen molar-refractivity contribution in [3.8, 4) is 11.5 Å². The van der Waals surface area contributed by atoms with Crippen molar-refractivity contribution in [2.75, 3.05) is 19.4 Å². The maximum Gasteiger partial charge on any atom is 0.322 e. The SMILES string of the molecule is Cc1c(Oc2ccnc(NC(=O)N(C)C)c2)ccc([N+](=O)[O-])c1C. The molecule has 24 heavy (non-hydrogen) atoms. The number of benzene rings is 1. The van der Waals surface area contributed by atoms with Crippen molar-refractivity contribution < 1.29 is 14.5 Å². The van der Waals surface area contributed by atoms with Gasteiger partial charge in [-0.1, -0.05) is 0 Å². The molecule has 1 N–H and O–H groups in total. The minimum Gasteiger partial charge on any atom is -0.457 e. The van der Waals surface area contributed by atoms with E-state index in [1.54, 1.807) is 46.1 Å². The molecule has 126 valence electrons. The largest absolute Gasteiger partial charge is 0.457 e. The van der Waals surface area contributed by atoms with Crippen molar-refractivity contribution >= 4 is 17.5 Å². The van der Waals surface area contributed by atoms with Gasteiger partial charge < -0.3 is 9.64 Å². The lowest BCUT2D eigenvalue weighted by Gasteiger charge is -2.13. The monoisotopic (exact) mass is 330 g/mol. The van der Waals surface area contributed by atoms with Crippen LogP contribution in [0.2, 0.25) is 0 Å². The minimum absolute atomic E-state index is 0.0495. The van der Waals surface area contributed by atoms with Gasteiger partial charge in [-0.05, 0) is 26.0 Å². The van der Waals surface area contributed by atoms with Crippen LogP contribution in [-0.2, 0) is 0 Å². The molecule has 0 aliphatic heterocycles. The van der Waals surface area contributed by atoms with Crippen LogP contribution in [0.4, 0.5) is 16.3 Å². The second kappa shape index (κ2) is 6.95. The highest BCUT2D eigenvalue weighted by molar-refractivity contribution is 5.88. The number of urea groups is 1. The summed E-state index contributed by atoms with van der Waals surface area (Å²) in [6, 6.07) is 5.88. The van der Waals surface area contributed by atoms with Gasteiger partial charge >= 0.3 is 6.03 Å². The molecule has 2 amide bonds. The van der Waals surface area contributed by atoms with Crippen LogP contribution >= 0.6 is 0 Å². The van der Waals surface area contributed by atoms with E-state index in [1.807, 2.05) is 0 Å². The molecule has 0 atom stereocenters. The van der Waals surface area contributed by atoms with Crippen LogP contribution in [0.25, 0.3) is 0 Å². The van der Waals surface area contributed by atoms with E-state index in [0.29, 0.717) is 28.4 Å². The molecule has 0 aliphatic carbocycles. The first-order valence-corrected chi connectivity index (χ1v) is 7.16. The van der Waals surface area contributed by atoms with Gasteiger partial charge in [0.25, 0.3) is 5.69 Å². The van der Waals surface area contributed by atoms with Crippen LogP contribution < -0.4 is 10.1 Å². The summed E-state index contributed by atoms with van der Waals surface area (Å²) >= 11 is 0. The summed E-state index contributed by atoms with van der Waals surface area (Å²) in [5.74, 6) is 1.33. The van der Waals surface area contributed by atoms with E-state index >= 15 is 0 Å². The lowest BCUT2D eigenvalue weighted by molar-refractivity contribution is -0.385. The maximum atomic E-state index is 11.7. The summed E-state index contributed by atoms with van der Waals surface area (Å²) in [5, 5.41) is 13.6. The number of nitrogens with zero attached hydrogens (tertiary/aromatic N) is 3. The van der Waals surface area contributed by atoms with Gasteiger partial charge in [-0.2, -0.15) is 0 Å². The quantitative estimate of drug-likeness (QED) is 0.683. The number of ether oxygens (including phenoxy) is 1. The normalized spacial score (nSPS) is 10.2. The second-order valence-corrected chi connectivity index (χ2v) is 5.39. The van der Waals surface area contributed by atoms with Crippen molar-refractivity contribution in [3.05, 3.63) is 51.7 Å². The highest BCUT2D eigenvalue weighted by Crippen LogP contribution is 2.32. The van der Waals surface area contributed by atoms with Gasteiger partial charge in [0, 0.05) is 43.6 Å². The van der Waals surface area contributed by atoms with Crippen LogP contribution in [0.3, 0.4) is 0 Å². The smallest absolute Gasteiger partial charge is 0.322 e. The van der Waals surface area contributed by atoms with Crippen molar-refractivity contribution in [1.82, 2.24) is 9.88 Å². The highest BCUT2D eigenvalue weighted by atomic mass is 16.6. The first-order valence-electron chi connectivity index (χ1n) is 7.16. The maximum absolute atomic E-state index is 11.7. The zero-order chi connectivity index (χ0) is 17.9. The molecule has 0 unspecified atom stereocenters. The number of nitrogens with one attached hydrogen (secondary N) is 1. The Morgan fingerprint density at radius 1 is 1.25 bits per heavy atom. The molecule has 0 aliphatic rings. The van der Waals surface area contributed by atoms with E-state index in [4.69, 9.17) is 4.74 Å². The van der Waals surface area contributed by atoms with Gasteiger partial charge in [-0.15, -0.1) is 0 Å². The summed E-state index contributed by atoms with van der Waals surface area (Å²) < 4.78 is 5.78. The van der Waals surface area contributed by atoms with E-state index < -0.39 is 4.92 Å². The van der Waals surface area contributed by atoms with Crippen LogP contribution in [0.5, 0.6) is 11.5 Å².